The monoisotopic (exact) mass is 368 g/mol. The molecule has 1 N–H and O–H groups in total. The van der Waals surface area contributed by atoms with Crippen LogP contribution in [0.2, 0.25) is 5.02 Å². The Hall–Kier alpha value is -1.59. The fourth-order valence-electron chi connectivity index (χ4n) is 2.07. The molecule has 4 nitrogen and oxygen atoms in total. The van der Waals surface area contributed by atoms with Gasteiger partial charge in [0.1, 0.15) is 0 Å². The van der Waals surface area contributed by atoms with Gasteiger partial charge in [0.15, 0.2) is 0 Å². The largest absolute Gasteiger partial charge is 0.377 e. The fraction of sp³-hybridized carbons (Fsp3) is 0.200. The van der Waals surface area contributed by atoms with Gasteiger partial charge in [-0.2, -0.15) is 0 Å². The van der Waals surface area contributed by atoms with Crippen LogP contribution < -0.4 is 5.32 Å². The molecule has 0 aliphatic heterocycles. The molecule has 2 aromatic rings. The van der Waals surface area contributed by atoms with Gasteiger partial charge in [0.2, 0.25) is 0 Å². The summed E-state index contributed by atoms with van der Waals surface area (Å²) in [4.78, 5) is 10.5. The molecule has 2 aromatic carbocycles. The smallest absolute Gasteiger partial charge is 0.269 e. The maximum atomic E-state index is 10.9. The molecular weight excluding hydrogens is 356 g/mol. The molecule has 0 saturated carbocycles. The molecule has 0 spiro atoms. The van der Waals surface area contributed by atoms with Crippen molar-refractivity contribution in [2.75, 3.05) is 5.32 Å². The number of nitrogens with one attached hydrogen (secondary N) is 1. The molecule has 1 unspecified atom stereocenters. The van der Waals surface area contributed by atoms with Gasteiger partial charge in [-0.1, -0.05) is 46.6 Å². The van der Waals surface area contributed by atoms with Gasteiger partial charge < -0.3 is 5.32 Å². The van der Waals surface area contributed by atoms with E-state index in [2.05, 4.69) is 21.2 Å². The first kappa shape index (κ1) is 15.8. The van der Waals surface area contributed by atoms with Crippen molar-refractivity contribution in [3.8, 4) is 0 Å². The van der Waals surface area contributed by atoms with Crippen LogP contribution in [0.4, 0.5) is 11.4 Å². The number of nitrogens with zero attached hydrogens (tertiary/aromatic N) is 1. The highest BCUT2D eigenvalue weighted by atomic mass is 79.9. The number of nitro benzene ring substituents is 1. The number of non-ortho nitro benzene ring substituents is 1. The molecular formula is C15H14BrClN2O2. The van der Waals surface area contributed by atoms with Crippen molar-refractivity contribution in [2.24, 2.45) is 0 Å². The number of anilines is 1. The zero-order valence-corrected chi connectivity index (χ0v) is 13.7. The predicted molar refractivity (Wildman–Crippen MR) is 88.9 cm³/mol. The topological polar surface area (TPSA) is 55.2 Å². The number of halogens is 2. The van der Waals surface area contributed by atoms with Crippen LogP contribution in [0.25, 0.3) is 0 Å². The first-order valence-corrected chi connectivity index (χ1v) is 7.64. The third-order valence-electron chi connectivity index (χ3n) is 3.15. The molecule has 0 radical (unpaired) electrons. The molecule has 21 heavy (non-hydrogen) atoms. The molecule has 0 aliphatic carbocycles. The molecule has 6 heteroatoms. The van der Waals surface area contributed by atoms with Crippen LogP contribution in [-0.2, 0) is 0 Å². The van der Waals surface area contributed by atoms with Crippen molar-refractivity contribution >= 4 is 38.9 Å². The Morgan fingerprint density at radius 3 is 2.76 bits per heavy atom. The second-order valence-electron chi connectivity index (χ2n) is 4.58. The van der Waals surface area contributed by atoms with Crippen molar-refractivity contribution < 1.29 is 4.92 Å². The first-order chi connectivity index (χ1) is 10.0. The molecule has 110 valence electrons. The highest BCUT2D eigenvalue weighted by Crippen LogP contribution is 2.31. The number of benzene rings is 2. The van der Waals surface area contributed by atoms with Gasteiger partial charge in [0.25, 0.3) is 5.69 Å². The second-order valence-corrected chi connectivity index (χ2v) is 5.90. The van der Waals surface area contributed by atoms with E-state index in [1.807, 2.05) is 25.1 Å². The Morgan fingerprint density at radius 1 is 1.33 bits per heavy atom. The SMILES string of the molecule is CCC(Nc1cc(Br)ccc1Cl)c1cccc([N+](=O)[O-])c1. The third-order valence-corrected chi connectivity index (χ3v) is 3.97. The minimum Gasteiger partial charge on any atom is -0.377 e. The fourth-order valence-corrected chi connectivity index (χ4v) is 2.61. The minimum absolute atomic E-state index is 0.0447. The van der Waals surface area contributed by atoms with Crippen LogP contribution in [0.3, 0.4) is 0 Å². The van der Waals surface area contributed by atoms with Crippen LogP contribution >= 0.6 is 27.5 Å². The molecule has 0 aromatic heterocycles. The number of nitro groups is 1. The lowest BCUT2D eigenvalue weighted by molar-refractivity contribution is -0.384. The van der Waals surface area contributed by atoms with Crippen molar-refractivity contribution in [2.45, 2.75) is 19.4 Å². The molecule has 0 saturated heterocycles. The summed E-state index contributed by atoms with van der Waals surface area (Å²) in [5, 5.41) is 14.8. The summed E-state index contributed by atoms with van der Waals surface area (Å²) in [6.45, 7) is 2.02. The van der Waals surface area contributed by atoms with Crippen LogP contribution in [0.5, 0.6) is 0 Å². The van der Waals surface area contributed by atoms with E-state index in [1.165, 1.54) is 6.07 Å². The number of rotatable bonds is 5. The zero-order valence-electron chi connectivity index (χ0n) is 11.3. The Bertz CT molecular complexity index is 664. The lowest BCUT2D eigenvalue weighted by Gasteiger charge is -2.19. The molecule has 2 rings (SSSR count). The summed E-state index contributed by atoms with van der Waals surface area (Å²) in [6.07, 6.45) is 0.782. The van der Waals surface area contributed by atoms with Crippen molar-refractivity contribution in [1.82, 2.24) is 0 Å². The Kier molecular flexibility index (Phi) is 5.20. The van der Waals surface area contributed by atoms with Gasteiger partial charge in [-0.05, 0) is 30.2 Å². The van der Waals surface area contributed by atoms with E-state index >= 15 is 0 Å². The normalized spacial score (nSPS) is 12.0. The highest BCUT2D eigenvalue weighted by molar-refractivity contribution is 9.10. The average molecular weight is 370 g/mol. The van der Waals surface area contributed by atoms with Gasteiger partial charge in [-0.15, -0.1) is 0 Å². The van der Waals surface area contributed by atoms with E-state index < -0.39 is 0 Å². The second kappa shape index (κ2) is 6.91. The molecule has 0 fully saturated rings. The molecule has 0 heterocycles. The number of hydrogen-bond donors (Lipinski definition) is 1. The summed E-state index contributed by atoms with van der Waals surface area (Å²) in [5.74, 6) is 0. The number of hydrogen-bond acceptors (Lipinski definition) is 3. The molecule has 0 aliphatic rings. The zero-order chi connectivity index (χ0) is 15.4. The molecule has 0 amide bonds. The maximum absolute atomic E-state index is 10.9. The Morgan fingerprint density at radius 2 is 2.10 bits per heavy atom. The van der Waals surface area contributed by atoms with Gasteiger partial charge in [-0.25, -0.2) is 0 Å². The van der Waals surface area contributed by atoms with Gasteiger partial charge in [-0.3, -0.25) is 10.1 Å². The van der Waals surface area contributed by atoms with Crippen molar-refractivity contribution in [3.63, 3.8) is 0 Å². The summed E-state index contributed by atoms with van der Waals surface area (Å²) < 4.78 is 0.920. The van der Waals surface area contributed by atoms with Gasteiger partial charge in [0.05, 0.1) is 21.7 Å². The van der Waals surface area contributed by atoms with E-state index in [4.69, 9.17) is 11.6 Å². The summed E-state index contributed by atoms with van der Waals surface area (Å²) in [5.41, 5.74) is 1.75. The standard InChI is InChI=1S/C15H14BrClN2O2/c1-2-14(10-4-3-5-12(8-10)19(20)21)18-15-9-11(16)6-7-13(15)17/h3-9,14,18H,2H2,1H3. The lowest BCUT2D eigenvalue weighted by atomic mass is 10.0. The summed E-state index contributed by atoms with van der Waals surface area (Å²) in [6, 6.07) is 12.2. The van der Waals surface area contributed by atoms with Crippen LogP contribution in [0.1, 0.15) is 24.9 Å². The Labute approximate surface area is 136 Å². The van der Waals surface area contributed by atoms with Gasteiger partial charge >= 0.3 is 0 Å². The van der Waals surface area contributed by atoms with Crippen LogP contribution in [0, 0.1) is 10.1 Å². The van der Waals surface area contributed by atoms with Crippen molar-refractivity contribution in [3.05, 3.63) is 67.6 Å². The summed E-state index contributed by atoms with van der Waals surface area (Å²) >= 11 is 9.58. The van der Waals surface area contributed by atoms with E-state index in [-0.39, 0.29) is 16.7 Å². The highest BCUT2D eigenvalue weighted by Gasteiger charge is 2.14. The van der Waals surface area contributed by atoms with E-state index in [9.17, 15) is 10.1 Å². The minimum atomic E-state index is -0.387. The quantitative estimate of drug-likeness (QED) is 0.553. The first-order valence-electron chi connectivity index (χ1n) is 6.47. The van der Waals surface area contributed by atoms with E-state index in [0.29, 0.717) is 5.02 Å². The lowest BCUT2D eigenvalue weighted by Crippen LogP contribution is -2.10. The van der Waals surface area contributed by atoms with E-state index in [1.54, 1.807) is 18.2 Å². The molecule has 0 bridgehead atoms. The molecule has 1 atom stereocenters. The average Bonchev–Trinajstić information content (AvgIpc) is 2.48. The predicted octanol–water partition coefficient (Wildman–Crippen LogP) is 5.57. The summed E-state index contributed by atoms with van der Waals surface area (Å²) in [7, 11) is 0. The van der Waals surface area contributed by atoms with Gasteiger partial charge in [0, 0.05) is 16.6 Å². The third kappa shape index (κ3) is 3.95. The van der Waals surface area contributed by atoms with Crippen molar-refractivity contribution in [1.29, 1.82) is 0 Å². The van der Waals surface area contributed by atoms with Crippen LogP contribution in [-0.4, -0.2) is 4.92 Å². The van der Waals surface area contributed by atoms with E-state index in [0.717, 1.165) is 22.1 Å². The maximum Gasteiger partial charge on any atom is 0.269 e. The Balaban J connectivity index is 2.29. The van der Waals surface area contributed by atoms with Crippen LogP contribution in [0.15, 0.2) is 46.9 Å².